The lowest BCUT2D eigenvalue weighted by Crippen LogP contribution is -2.36. The van der Waals surface area contributed by atoms with E-state index in [9.17, 15) is 9.90 Å². The first-order valence-electron chi connectivity index (χ1n) is 11.3. The topological polar surface area (TPSA) is 115 Å². The van der Waals surface area contributed by atoms with Crippen molar-refractivity contribution in [2.24, 2.45) is 0 Å². The molecule has 2 aliphatic rings. The van der Waals surface area contributed by atoms with Gasteiger partial charge in [0.1, 0.15) is 10.6 Å². The lowest BCUT2D eigenvalue weighted by Gasteiger charge is -2.30. The van der Waals surface area contributed by atoms with Gasteiger partial charge in [0.2, 0.25) is 0 Å². The van der Waals surface area contributed by atoms with Crippen molar-refractivity contribution in [2.75, 3.05) is 23.3 Å². The van der Waals surface area contributed by atoms with Crippen LogP contribution in [0.2, 0.25) is 0 Å². The Hall–Kier alpha value is -2.49. The zero-order valence-corrected chi connectivity index (χ0v) is 19.2. The number of aryl methyl sites for hydroxylation is 1. The fraction of sp³-hybridized carbons (Fsp3) is 0.522. The monoisotopic (exact) mass is 457 g/mol. The molecule has 172 valence electrons. The molecule has 4 heterocycles. The van der Waals surface area contributed by atoms with Crippen LogP contribution < -0.4 is 10.2 Å². The third-order valence-corrected chi connectivity index (χ3v) is 7.63. The van der Waals surface area contributed by atoms with Crippen molar-refractivity contribution in [3.8, 4) is 0 Å². The number of fused-ring (bicyclic) bond motifs is 1. The number of aliphatic hydroxyl groups is 1. The third kappa shape index (κ3) is 4.51. The molecule has 8 nitrogen and oxygen atoms in total. The van der Waals surface area contributed by atoms with Crippen LogP contribution in [0.1, 0.15) is 66.4 Å². The van der Waals surface area contributed by atoms with Gasteiger partial charge in [-0.05, 0) is 50.8 Å². The van der Waals surface area contributed by atoms with Gasteiger partial charge >= 0.3 is 0 Å². The first-order chi connectivity index (χ1) is 15.1. The summed E-state index contributed by atoms with van der Waals surface area (Å²) in [5, 5.41) is 18.5. The van der Waals surface area contributed by atoms with Gasteiger partial charge in [0, 0.05) is 18.5 Å². The number of nitrogens with one attached hydrogen (secondary N) is 1. The summed E-state index contributed by atoms with van der Waals surface area (Å²) in [6, 6.07) is 6.25. The van der Waals surface area contributed by atoms with Gasteiger partial charge in [-0.15, -0.1) is 11.3 Å². The van der Waals surface area contributed by atoms with Crippen LogP contribution in [-0.4, -0.2) is 50.4 Å². The van der Waals surface area contributed by atoms with E-state index in [1.807, 2.05) is 25.1 Å². The third-order valence-electron chi connectivity index (χ3n) is 6.51. The van der Waals surface area contributed by atoms with Gasteiger partial charge < -0.3 is 20.8 Å². The average molecular weight is 458 g/mol. The molecule has 32 heavy (non-hydrogen) atoms. The van der Waals surface area contributed by atoms with Gasteiger partial charge in [-0.1, -0.05) is 19.3 Å². The Morgan fingerprint density at radius 3 is 2.59 bits per heavy atom. The van der Waals surface area contributed by atoms with E-state index >= 15 is 0 Å². The molecule has 1 aliphatic carbocycles. The number of hydrogen-bond donors (Lipinski definition) is 2. The molecule has 0 bridgehead atoms. The number of amides is 1. The van der Waals surface area contributed by atoms with Gasteiger partial charge in [-0.25, -0.2) is 4.98 Å². The summed E-state index contributed by atoms with van der Waals surface area (Å²) in [6.45, 7) is 3.64. The molecule has 1 saturated heterocycles. The molecule has 9 heteroatoms. The molecule has 1 saturated carbocycles. The second-order valence-electron chi connectivity index (χ2n) is 8.73. The molecule has 5 rings (SSSR count). The number of aromatic nitrogens is 3. The summed E-state index contributed by atoms with van der Waals surface area (Å²) in [5.74, 6) is 0.779. The maximum atomic E-state index is 12.9. The van der Waals surface area contributed by atoms with Crippen molar-refractivity contribution < 1.29 is 15.4 Å². The van der Waals surface area contributed by atoms with Gasteiger partial charge in [-0.3, -0.25) is 9.48 Å². The van der Waals surface area contributed by atoms with Gasteiger partial charge in [0.15, 0.2) is 0 Å². The average Bonchev–Trinajstić information content (AvgIpc) is 3.36. The number of aliphatic hydroxyl groups excluding tert-OH is 1. The highest BCUT2D eigenvalue weighted by molar-refractivity contribution is 7.20. The molecular formula is C23H31N5O3S. The van der Waals surface area contributed by atoms with E-state index in [1.165, 1.54) is 43.4 Å². The summed E-state index contributed by atoms with van der Waals surface area (Å²) in [7, 11) is 0. The van der Waals surface area contributed by atoms with Crippen molar-refractivity contribution >= 4 is 39.0 Å². The lowest BCUT2D eigenvalue weighted by molar-refractivity contribution is 0.103. The van der Waals surface area contributed by atoms with E-state index < -0.39 is 0 Å². The smallest absolute Gasteiger partial charge is 0.265 e. The highest BCUT2D eigenvalue weighted by atomic mass is 32.1. The minimum Gasteiger partial charge on any atom is -0.412 e. The predicted molar refractivity (Wildman–Crippen MR) is 128 cm³/mol. The number of piperidine rings is 1. The van der Waals surface area contributed by atoms with Crippen LogP contribution >= 0.6 is 11.3 Å². The largest absolute Gasteiger partial charge is 0.412 e. The SMILES string of the molecule is Cc1nn(C2CCCCC2)c2sc(C(=O)Nc3ccc(N4CCC(O)CC4)nc3)cc12.O. The fourth-order valence-electron chi connectivity index (χ4n) is 4.69. The minimum absolute atomic E-state index is 0. The second kappa shape index (κ2) is 9.56. The Kier molecular flexibility index (Phi) is 6.78. The van der Waals surface area contributed by atoms with Crippen LogP contribution in [0.5, 0.6) is 0 Å². The molecule has 0 aromatic carbocycles. The van der Waals surface area contributed by atoms with Crippen LogP contribution in [0.4, 0.5) is 11.5 Å². The first kappa shape index (κ1) is 22.7. The zero-order chi connectivity index (χ0) is 21.4. The van der Waals surface area contributed by atoms with Crippen molar-refractivity contribution in [2.45, 2.75) is 64.0 Å². The number of carbonyl (C=O) groups excluding carboxylic acids is 1. The Bertz CT molecular complexity index is 1060. The Labute approximate surface area is 191 Å². The molecule has 0 radical (unpaired) electrons. The number of nitrogens with zero attached hydrogens (tertiary/aromatic N) is 4. The molecule has 1 aliphatic heterocycles. The molecular weight excluding hydrogens is 426 g/mol. The van der Waals surface area contributed by atoms with Crippen LogP contribution in [0, 0.1) is 6.92 Å². The van der Waals surface area contributed by atoms with Crippen molar-refractivity contribution in [3.63, 3.8) is 0 Å². The molecule has 1 amide bonds. The highest BCUT2D eigenvalue weighted by Gasteiger charge is 2.23. The number of pyridine rings is 1. The standard InChI is InChI=1S/C23H29N5O2S.H2O/c1-15-19-13-20(31-23(19)28(26-15)17-5-3-2-4-6-17)22(30)25-16-7-8-21(24-14-16)27-11-9-18(29)10-12-27;/h7-8,13-14,17-18,29H,2-6,9-12H2,1H3,(H,25,30);1H2. The van der Waals surface area contributed by atoms with Crippen LogP contribution in [0.3, 0.4) is 0 Å². The van der Waals surface area contributed by atoms with E-state index in [-0.39, 0.29) is 17.5 Å². The molecule has 0 spiro atoms. The minimum atomic E-state index is -0.204. The highest BCUT2D eigenvalue weighted by Crippen LogP contribution is 2.35. The molecule has 0 atom stereocenters. The summed E-state index contributed by atoms with van der Waals surface area (Å²) >= 11 is 1.53. The maximum Gasteiger partial charge on any atom is 0.265 e. The molecule has 4 N–H and O–H groups in total. The van der Waals surface area contributed by atoms with E-state index in [0.717, 1.165) is 47.7 Å². The maximum absolute atomic E-state index is 12.9. The summed E-state index contributed by atoms with van der Waals surface area (Å²) in [5.41, 5.74) is 1.68. The summed E-state index contributed by atoms with van der Waals surface area (Å²) in [6.07, 6.45) is 9.20. The van der Waals surface area contributed by atoms with E-state index in [1.54, 1.807) is 6.20 Å². The number of carbonyl (C=O) groups is 1. The summed E-state index contributed by atoms with van der Waals surface area (Å²) < 4.78 is 2.16. The number of thiophene rings is 1. The zero-order valence-electron chi connectivity index (χ0n) is 18.4. The van der Waals surface area contributed by atoms with E-state index in [0.29, 0.717) is 16.6 Å². The Balaban J connectivity index is 0.00000245. The fourth-order valence-corrected chi connectivity index (χ4v) is 5.82. The molecule has 0 unspecified atom stereocenters. The molecule has 2 fully saturated rings. The quantitative estimate of drug-likeness (QED) is 0.620. The summed E-state index contributed by atoms with van der Waals surface area (Å²) in [4.78, 5) is 21.4. The number of anilines is 2. The number of hydrogen-bond acceptors (Lipinski definition) is 6. The lowest BCUT2D eigenvalue weighted by atomic mass is 9.96. The van der Waals surface area contributed by atoms with Crippen LogP contribution in [-0.2, 0) is 0 Å². The van der Waals surface area contributed by atoms with Gasteiger partial charge in [0.05, 0.1) is 34.6 Å². The predicted octanol–water partition coefficient (Wildman–Crippen LogP) is 3.70. The molecule has 3 aromatic heterocycles. The van der Waals surface area contributed by atoms with Crippen LogP contribution in [0.25, 0.3) is 10.2 Å². The van der Waals surface area contributed by atoms with E-state index in [2.05, 4.69) is 19.9 Å². The van der Waals surface area contributed by atoms with Crippen LogP contribution in [0.15, 0.2) is 24.4 Å². The van der Waals surface area contributed by atoms with Crippen molar-refractivity contribution in [3.05, 3.63) is 35.0 Å². The molecule has 3 aromatic rings. The van der Waals surface area contributed by atoms with E-state index in [4.69, 9.17) is 5.10 Å². The Morgan fingerprint density at radius 1 is 1.16 bits per heavy atom. The number of rotatable bonds is 4. The van der Waals surface area contributed by atoms with Crippen molar-refractivity contribution in [1.29, 1.82) is 0 Å². The van der Waals surface area contributed by atoms with Crippen molar-refractivity contribution in [1.82, 2.24) is 14.8 Å². The Morgan fingerprint density at radius 2 is 1.91 bits per heavy atom. The normalized spacial score (nSPS) is 18.0. The van der Waals surface area contributed by atoms with Gasteiger partial charge in [-0.2, -0.15) is 5.10 Å². The van der Waals surface area contributed by atoms with Gasteiger partial charge in [0.25, 0.3) is 5.91 Å². The first-order valence-corrected chi connectivity index (χ1v) is 12.1. The second-order valence-corrected chi connectivity index (χ2v) is 9.76.